The first kappa shape index (κ1) is 18.1. The van der Waals surface area contributed by atoms with Gasteiger partial charge in [-0.15, -0.1) is 0 Å². The first-order chi connectivity index (χ1) is 9.88. The lowest BCUT2D eigenvalue weighted by atomic mass is 10.2. The maximum absolute atomic E-state index is 12.1. The second kappa shape index (κ2) is 8.47. The highest BCUT2D eigenvalue weighted by Crippen LogP contribution is 2.23. The molecule has 0 unspecified atom stereocenters. The van der Waals surface area contributed by atoms with Crippen molar-refractivity contribution in [2.75, 3.05) is 19.8 Å². The minimum Gasteiger partial charge on any atom is -0.478 e. The molecule has 0 fully saturated rings. The molecule has 0 aliphatic carbocycles. The maximum Gasteiger partial charge on any atom is 0.335 e. The number of unbranched alkanes of at least 4 members (excludes halogenated alkanes) is 1. The molecule has 0 spiro atoms. The zero-order valence-electron chi connectivity index (χ0n) is 11.6. The first-order valence-electron chi connectivity index (χ1n) is 6.48. The zero-order chi connectivity index (χ0) is 15.9. The molecule has 0 aliphatic heterocycles. The molecule has 6 nitrogen and oxygen atoms in total. The van der Waals surface area contributed by atoms with Crippen LogP contribution in [0.15, 0.2) is 27.6 Å². The lowest BCUT2D eigenvalue weighted by molar-refractivity contribution is 0.0696. The van der Waals surface area contributed by atoms with E-state index in [-0.39, 0.29) is 23.6 Å². The molecule has 0 saturated carbocycles. The fourth-order valence-corrected chi connectivity index (χ4v) is 3.52. The number of rotatable bonds is 9. The van der Waals surface area contributed by atoms with Crippen LogP contribution in [0.1, 0.15) is 30.1 Å². The van der Waals surface area contributed by atoms with Crippen molar-refractivity contribution in [3.05, 3.63) is 28.2 Å². The fourth-order valence-electron chi connectivity index (χ4n) is 1.52. The van der Waals surface area contributed by atoms with Gasteiger partial charge in [0.2, 0.25) is 10.0 Å². The van der Waals surface area contributed by atoms with Crippen LogP contribution in [0.3, 0.4) is 0 Å². The van der Waals surface area contributed by atoms with Crippen LogP contribution in [0, 0.1) is 0 Å². The van der Waals surface area contributed by atoms with Gasteiger partial charge in [-0.3, -0.25) is 0 Å². The van der Waals surface area contributed by atoms with Gasteiger partial charge in [0.1, 0.15) is 0 Å². The Balaban J connectivity index is 2.70. The van der Waals surface area contributed by atoms with Crippen molar-refractivity contribution >= 4 is 31.9 Å². The number of carboxylic acid groups (broad SMARTS) is 1. The Morgan fingerprint density at radius 3 is 2.71 bits per heavy atom. The normalized spacial score (nSPS) is 11.5. The molecule has 1 aromatic rings. The Labute approximate surface area is 132 Å². The van der Waals surface area contributed by atoms with E-state index in [0.29, 0.717) is 11.1 Å². The van der Waals surface area contributed by atoms with Crippen LogP contribution >= 0.6 is 15.9 Å². The zero-order valence-corrected chi connectivity index (χ0v) is 14.0. The van der Waals surface area contributed by atoms with E-state index >= 15 is 0 Å². The van der Waals surface area contributed by atoms with Gasteiger partial charge in [-0.05, 0) is 40.5 Å². The Morgan fingerprint density at radius 2 is 2.10 bits per heavy atom. The van der Waals surface area contributed by atoms with E-state index in [4.69, 9.17) is 9.84 Å². The molecular formula is C13H18BrNO5S. The summed E-state index contributed by atoms with van der Waals surface area (Å²) >= 11 is 3.12. The topological polar surface area (TPSA) is 92.7 Å². The lowest BCUT2D eigenvalue weighted by Crippen LogP contribution is -2.28. The minimum absolute atomic E-state index is 0.0854. The standard InChI is InChI=1S/C13H18BrNO5S/c1-2-3-7-20-8-6-15-21(18,19)12-9-10(13(16)17)4-5-11(12)14/h4-5,9,15H,2-3,6-8H2,1H3,(H,16,17). The van der Waals surface area contributed by atoms with Crippen LogP contribution in [0.4, 0.5) is 0 Å². The number of benzene rings is 1. The number of carbonyl (C=O) groups is 1. The first-order valence-corrected chi connectivity index (χ1v) is 8.76. The van der Waals surface area contributed by atoms with Crippen LogP contribution in [0.5, 0.6) is 0 Å². The number of hydrogen-bond donors (Lipinski definition) is 2. The Bertz CT molecular complexity index is 588. The fraction of sp³-hybridized carbons (Fsp3) is 0.462. The second-order valence-corrected chi connectivity index (χ2v) is 6.90. The SMILES string of the molecule is CCCCOCCNS(=O)(=O)c1cc(C(=O)O)ccc1Br. The summed E-state index contributed by atoms with van der Waals surface area (Å²) in [7, 11) is -3.78. The highest BCUT2D eigenvalue weighted by Gasteiger charge is 2.19. The monoisotopic (exact) mass is 379 g/mol. The molecule has 2 N–H and O–H groups in total. The number of hydrogen-bond acceptors (Lipinski definition) is 4. The summed E-state index contributed by atoms with van der Waals surface area (Å²) < 4.78 is 32.2. The van der Waals surface area contributed by atoms with Crippen LogP contribution < -0.4 is 4.72 Å². The van der Waals surface area contributed by atoms with Crippen LogP contribution in [-0.4, -0.2) is 39.3 Å². The van der Waals surface area contributed by atoms with Gasteiger partial charge in [0.15, 0.2) is 0 Å². The highest BCUT2D eigenvalue weighted by molar-refractivity contribution is 9.10. The Morgan fingerprint density at radius 1 is 1.38 bits per heavy atom. The van der Waals surface area contributed by atoms with E-state index in [0.717, 1.165) is 18.9 Å². The van der Waals surface area contributed by atoms with E-state index in [2.05, 4.69) is 20.7 Å². The average Bonchev–Trinajstić information content (AvgIpc) is 2.42. The number of sulfonamides is 1. The maximum atomic E-state index is 12.1. The molecule has 1 aromatic carbocycles. The van der Waals surface area contributed by atoms with Crippen LogP contribution in [0.25, 0.3) is 0 Å². The average molecular weight is 380 g/mol. The van der Waals surface area contributed by atoms with E-state index in [9.17, 15) is 13.2 Å². The van der Waals surface area contributed by atoms with Crippen molar-refractivity contribution in [1.29, 1.82) is 0 Å². The quantitative estimate of drug-likeness (QED) is 0.641. The predicted octanol–water partition coefficient (Wildman–Crippen LogP) is 2.24. The summed E-state index contributed by atoms with van der Waals surface area (Å²) in [5.41, 5.74) is -0.0854. The molecule has 1 rings (SSSR count). The molecule has 8 heteroatoms. The molecule has 0 atom stereocenters. The molecular weight excluding hydrogens is 362 g/mol. The van der Waals surface area contributed by atoms with E-state index in [1.807, 2.05) is 6.92 Å². The summed E-state index contributed by atoms with van der Waals surface area (Å²) in [6.07, 6.45) is 1.94. The number of carboxylic acids is 1. The lowest BCUT2D eigenvalue weighted by Gasteiger charge is -2.09. The summed E-state index contributed by atoms with van der Waals surface area (Å²) in [5, 5.41) is 8.91. The van der Waals surface area contributed by atoms with Crippen molar-refractivity contribution in [2.45, 2.75) is 24.7 Å². The van der Waals surface area contributed by atoms with Gasteiger partial charge in [0.25, 0.3) is 0 Å². The van der Waals surface area contributed by atoms with E-state index < -0.39 is 16.0 Å². The van der Waals surface area contributed by atoms with E-state index in [1.54, 1.807) is 0 Å². The van der Waals surface area contributed by atoms with E-state index in [1.165, 1.54) is 12.1 Å². The van der Waals surface area contributed by atoms with Crippen molar-refractivity contribution in [3.8, 4) is 0 Å². The molecule has 0 radical (unpaired) electrons. The third-order valence-corrected chi connectivity index (χ3v) is 5.10. The summed E-state index contributed by atoms with van der Waals surface area (Å²) in [6, 6.07) is 3.85. The molecule has 0 heterocycles. The third kappa shape index (κ3) is 5.74. The van der Waals surface area contributed by atoms with Crippen molar-refractivity contribution in [2.24, 2.45) is 0 Å². The van der Waals surface area contributed by atoms with Crippen LogP contribution in [-0.2, 0) is 14.8 Å². The predicted molar refractivity (Wildman–Crippen MR) is 82.0 cm³/mol. The minimum atomic E-state index is -3.78. The molecule has 21 heavy (non-hydrogen) atoms. The highest BCUT2D eigenvalue weighted by atomic mass is 79.9. The number of nitrogens with one attached hydrogen (secondary N) is 1. The molecule has 118 valence electrons. The largest absolute Gasteiger partial charge is 0.478 e. The Kier molecular flexibility index (Phi) is 7.30. The molecule has 0 bridgehead atoms. The number of halogens is 1. The molecule has 0 amide bonds. The number of aromatic carboxylic acids is 1. The smallest absolute Gasteiger partial charge is 0.335 e. The van der Waals surface area contributed by atoms with Crippen molar-refractivity contribution < 1.29 is 23.1 Å². The van der Waals surface area contributed by atoms with Gasteiger partial charge in [0.05, 0.1) is 17.1 Å². The van der Waals surface area contributed by atoms with Crippen molar-refractivity contribution in [3.63, 3.8) is 0 Å². The molecule has 0 aliphatic rings. The van der Waals surface area contributed by atoms with Gasteiger partial charge in [-0.1, -0.05) is 13.3 Å². The van der Waals surface area contributed by atoms with Gasteiger partial charge in [-0.25, -0.2) is 17.9 Å². The van der Waals surface area contributed by atoms with Crippen LogP contribution in [0.2, 0.25) is 0 Å². The third-order valence-electron chi connectivity index (χ3n) is 2.65. The van der Waals surface area contributed by atoms with Gasteiger partial charge >= 0.3 is 5.97 Å². The molecule has 0 saturated heterocycles. The summed E-state index contributed by atoms with van der Waals surface area (Å²) in [5.74, 6) is -1.18. The van der Waals surface area contributed by atoms with Crippen molar-refractivity contribution in [1.82, 2.24) is 4.72 Å². The molecule has 0 aromatic heterocycles. The second-order valence-electron chi connectivity index (χ2n) is 4.31. The summed E-state index contributed by atoms with van der Waals surface area (Å²) in [6.45, 7) is 3.04. The van der Waals surface area contributed by atoms with Gasteiger partial charge in [-0.2, -0.15) is 0 Å². The Hall–Kier alpha value is -0.960. The van der Waals surface area contributed by atoms with Gasteiger partial charge in [0, 0.05) is 17.6 Å². The van der Waals surface area contributed by atoms with Gasteiger partial charge < -0.3 is 9.84 Å². The number of ether oxygens (including phenoxy) is 1. The summed E-state index contributed by atoms with van der Waals surface area (Å²) in [4.78, 5) is 10.8.